The minimum Gasteiger partial charge on any atom is -0.310 e. The standard InChI is InChI=1S/C51H36N2/c1-51(2)44-17-9-6-14-39(44)40-29-24-36(32-45(40)51)35-22-27-38(28-23-35)52(37-25-20-34(21-26-37)33-12-4-3-5-13-33)48-31-30-42-41-15-7-10-18-46(41)53-47-19-11-8-16-43(47)49(48)50(42)53/h3-32H,1-2H3. The van der Waals surface area contributed by atoms with Gasteiger partial charge in [-0.2, -0.15) is 0 Å². The van der Waals surface area contributed by atoms with Gasteiger partial charge in [0.25, 0.3) is 0 Å². The molecule has 0 spiro atoms. The molecule has 10 aromatic rings. The number of para-hydroxylation sites is 2. The summed E-state index contributed by atoms with van der Waals surface area (Å²) in [7, 11) is 0. The molecule has 2 heteroatoms. The average molecular weight is 677 g/mol. The van der Waals surface area contributed by atoms with Crippen LogP contribution in [0, 0.1) is 0 Å². The molecular formula is C51H36N2. The van der Waals surface area contributed by atoms with Gasteiger partial charge in [0.15, 0.2) is 0 Å². The molecule has 0 radical (unpaired) electrons. The highest BCUT2D eigenvalue weighted by Gasteiger charge is 2.35. The van der Waals surface area contributed by atoms with Gasteiger partial charge in [0.05, 0.1) is 22.2 Å². The highest BCUT2D eigenvalue weighted by atomic mass is 15.1. The van der Waals surface area contributed by atoms with Crippen LogP contribution in [0.15, 0.2) is 182 Å². The molecule has 8 aromatic carbocycles. The predicted octanol–water partition coefficient (Wildman–Crippen LogP) is 13.9. The Morgan fingerprint density at radius 3 is 1.70 bits per heavy atom. The third-order valence-electron chi connectivity index (χ3n) is 11.7. The van der Waals surface area contributed by atoms with Gasteiger partial charge in [-0.05, 0) is 93.0 Å². The molecule has 0 atom stereocenters. The summed E-state index contributed by atoms with van der Waals surface area (Å²) < 4.78 is 2.46. The smallest absolute Gasteiger partial charge is 0.0641 e. The Bertz CT molecular complexity index is 3000. The second-order valence-corrected chi connectivity index (χ2v) is 15.0. The monoisotopic (exact) mass is 676 g/mol. The lowest BCUT2D eigenvalue weighted by Crippen LogP contribution is -2.14. The van der Waals surface area contributed by atoms with Crippen LogP contribution in [0.4, 0.5) is 17.1 Å². The number of hydrogen-bond acceptors (Lipinski definition) is 1. The van der Waals surface area contributed by atoms with E-state index in [9.17, 15) is 0 Å². The summed E-state index contributed by atoms with van der Waals surface area (Å²) in [5, 5.41) is 5.10. The molecule has 0 saturated carbocycles. The summed E-state index contributed by atoms with van der Waals surface area (Å²) in [4.78, 5) is 2.44. The largest absolute Gasteiger partial charge is 0.310 e. The van der Waals surface area contributed by atoms with Gasteiger partial charge in [-0.25, -0.2) is 0 Å². The molecule has 0 fully saturated rings. The van der Waals surface area contributed by atoms with Crippen molar-refractivity contribution in [2.75, 3.05) is 4.90 Å². The number of aromatic nitrogens is 1. The average Bonchev–Trinajstić information content (AvgIpc) is 3.82. The van der Waals surface area contributed by atoms with Gasteiger partial charge in [0, 0.05) is 38.3 Å². The molecule has 250 valence electrons. The Kier molecular flexibility index (Phi) is 6.33. The number of fused-ring (bicyclic) bond motifs is 9. The molecule has 0 aliphatic heterocycles. The first-order chi connectivity index (χ1) is 26.1. The summed E-state index contributed by atoms with van der Waals surface area (Å²) in [5.74, 6) is 0. The quantitative estimate of drug-likeness (QED) is 0.176. The van der Waals surface area contributed by atoms with E-state index in [1.807, 2.05) is 0 Å². The first kappa shape index (κ1) is 30.0. The van der Waals surface area contributed by atoms with Crippen LogP contribution >= 0.6 is 0 Å². The third-order valence-corrected chi connectivity index (χ3v) is 11.7. The van der Waals surface area contributed by atoms with Gasteiger partial charge >= 0.3 is 0 Å². The lowest BCUT2D eigenvalue weighted by Gasteiger charge is -2.27. The van der Waals surface area contributed by atoms with Crippen molar-refractivity contribution < 1.29 is 0 Å². The second kappa shape index (κ2) is 11.2. The van der Waals surface area contributed by atoms with E-state index in [2.05, 4.69) is 205 Å². The summed E-state index contributed by atoms with van der Waals surface area (Å²) in [6.07, 6.45) is 0. The van der Waals surface area contributed by atoms with Crippen LogP contribution in [0.25, 0.3) is 71.5 Å². The number of anilines is 3. The highest BCUT2D eigenvalue weighted by molar-refractivity contribution is 6.27. The third kappa shape index (κ3) is 4.33. The minimum atomic E-state index is -0.0370. The molecule has 0 amide bonds. The fourth-order valence-electron chi connectivity index (χ4n) is 9.18. The minimum absolute atomic E-state index is 0.0370. The van der Waals surface area contributed by atoms with Crippen molar-refractivity contribution in [2.24, 2.45) is 0 Å². The van der Waals surface area contributed by atoms with Crippen LogP contribution in [0.2, 0.25) is 0 Å². The van der Waals surface area contributed by atoms with E-state index in [0.717, 1.165) is 11.4 Å². The number of benzene rings is 8. The van der Waals surface area contributed by atoms with E-state index in [0.29, 0.717) is 0 Å². The van der Waals surface area contributed by atoms with Gasteiger partial charge in [-0.3, -0.25) is 0 Å². The zero-order chi connectivity index (χ0) is 35.3. The molecule has 2 aromatic heterocycles. The molecule has 2 nitrogen and oxygen atoms in total. The van der Waals surface area contributed by atoms with Gasteiger partial charge < -0.3 is 9.30 Å². The molecular weight excluding hydrogens is 641 g/mol. The first-order valence-corrected chi connectivity index (χ1v) is 18.5. The van der Waals surface area contributed by atoms with Crippen molar-refractivity contribution >= 4 is 55.2 Å². The van der Waals surface area contributed by atoms with E-state index in [4.69, 9.17) is 0 Å². The number of nitrogens with zero attached hydrogens (tertiary/aromatic N) is 2. The van der Waals surface area contributed by atoms with Crippen LogP contribution in [0.3, 0.4) is 0 Å². The lowest BCUT2D eigenvalue weighted by molar-refractivity contribution is 0.660. The molecule has 53 heavy (non-hydrogen) atoms. The fourth-order valence-corrected chi connectivity index (χ4v) is 9.18. The fraction of sp³-hybridized carbons (Fsp3) is 0.0588. The summed E-state index contributed by atoms with van der Waals surface area (Å²) >= 11 is 0. The van der Waals surface area contributed by atoms with Crippen LogP contribution in [-0.2, 0) is 5.41 Å². The van der Waals surface area contributed by atoms with Crippen LogP contribution in [-0.4, -0.2) is 4.40 Å². The van der Waals surface area contributed by atoms with Gasteiger partial charge in [-0.1, -0.05) is 147 Å². The summed E-state index contributed by atoms with van der Waals surface area (Å²) in [6.45, 7) is 4.70. The Morgan fingerprint density at radius 2 is 0.962 bits per heavy atom. The maximum atomic E-state index is 2.46. The van der Waals surface area contributed by atoms with Crippen molar-refractivity contribution in [3.8, 4) is 33.4 Å². The second-order valence-electron chi connectivity index (χ2n) is 15.0. The molecule has 2 heterocycles. The molecule has 1 aliphatic carbocycles. The Morgan fingerprint density at radius 1 is 0.415 bits per heavy atom. The molecule has 1 aliphatic rings. The molecule has 0 bridgehead atoms. The zero-order valence-corrected chi connectivity index (χ0v) is 29.7. The normalized spacial score (nSPS) is 13.2. The van der Waals surface area contributed by atoms with Crippen LogP contribution in [0.1, 0.15) is 25.0 Å². The van der Waals surface area contributed by atoms with E-state index < -0.39 is 0 Å². The molecule has 11 rings (SSSR count). The zero-order valence-electron chi connectivity index (χ0n) is 29.7. The molecule has 0 saturated heterocycles. The Labute approximate surface area is 309 Å². The Balaban J connectivity index is 1.09. The van der Waals surface area contributed by atoms with Gasteiger partial charge in [0.2, 0.25) is 0 Å². The number of hydrogen-bond donors (Lipinski definition) is 0. The topological polar surface area (TPSA) is 7.65 Å². The van der Waals surface area contributed by atoms with Crippen molar-refractivity contribution in [1.29, 1.82) is 0 Å². The van der Waals surface area contributed by atoms with E-state index in [1.54, 1.807) is 0 Å². The first-order valence-electron chi connectivity index (χ1n) is 18.5. The van der Waals surface area contributed by atoms with Crippen LogP contribution in [0.5, 0.6) is 0 Å². The maximum Gasteiger partial charge on any atom is 0.0641 e. The van der Waals surface area contributed by atoms with Crippen molar-refractivity contribution in [2.45, 2.75) is 19.3 Å². The SMILES string of the molecule is CC1(C)c2ccccc2-c2ccc(-c3ccc(N(c4ccc(-c5ccccc5)cc4)c4ccc5c6ccccc6n6c7ccccc7c4c56)cc3)cc21. The molecule has 0 N–H and O–H groups in total. The summed E-state index contributed by atoms with van der Waals surface area (Å²) in [6, 6.07) is 67.0. The van der Waals surface area contributed by atoms with Gasteiger partial charge in [-0.15, -0.1) is 0 Å². The van der Waals surface area contributed by atoms with E-state index in [1.165, 1.54) is 88.3 Å². The number of rotatable bonds is 5. The molecule has 0 unspecified atom stereocenters. The van der Waals surface area contributed by atoms with E-state index >= 15 is 0 Å². The van der Waals surface area contributed by atoms with Crippen molar-refractivity contribution in [3.05, 3.63) is 193 Å². The summed E-state index contributed by atoms with van der Waals surface area (Å²) in [5.41, 5.74) is 17.5. The Hall–Kier alpha value is -6.64. The van der Waals surface area contributed by atoms with Crippen molar-refractivity contribution in [3.63, 3.8) is 0 Å². The van der Waals surface area contributed by atoms with Gasteiger partial charge in [0.1, 0.15) is 0 Å². The maximum absolute atomic E-state index is 2.46. The van der Waals surface area contributed by atoms with Crippen molar-refractivity contribution in [1.82, 2.24) is 4.40 Å². The lowest BCUT2D eigenvalue weighted by atomic mass is 9.81. The van der Waals surface area contributed by atoms with E-state index in [-0.39, 0.29) is 5.41 Å². The predicted molar refractivity (Wildman–Crippen MR) is 224 cm³/mol. The van der Waals surface area contributed by atoms with Crippen LogP contribution < -0.4 is 4.90 Å². The highest BCUT2D eigenvalue weighted by Crippen LogP contribution is 2.50.